The van der Waals surface area contributed by atoms with E-state index < -0.39 is 11.9 Å². The monoisotopic (exact) mass is 893 g/mol. The van der Waals surface area contributed by atoms with Gasteiger partial charge in [-0.1, -0.05) is 86.3 Å². The van der Waals surface area contributed by atoms with Gasteiger partial charge >= 0.3 is 0 Å². The molecule has 1 saturated heterocycles. The fourth-order valence-electron chi connectivity index (χ4n) is 8.33. The Morgan fingerprint density at radius 3 is 2.38 bits per heavy atom. The van der Waals surface area contributed by atoms with Crippen molar-refractivity contribution in [2.75, 3.05) is 50.0 Å². The van der Waals surface area contributed by atoms with Crippen LogP contribution in [0.4, 0.5) is 16.2 Å². The van der Waals surface area contributed by atoms with Crippen molar-refractivity contribution >= 4 is 76.3 Å². The molecule has 1 aliphatic heterocycles. The van der Waals surface area contributed by atoms with E-state index >= 15 is 4.39 Å². The second kappa shape index (κ2) is 23.9. The van der Waals surface area contributed by atoms with Gasteiger partial charge in [0.25, 0.3) is 0 Å². The standard InChI is InChI=1S/C48H55ClFN7O5.CH2O/c1-4-42(61)55-22-24-56(25-23-55)46-38-29-40(49)43(37-28-35(60)27-34-17-10-11-19-36(34)37)44(50)45(38)53-48(54-46)52-21-12-8-6-5-7-9-16-33-18-13-15-32(2)39(33)30-57(31-59)41(20-14-26-58)47(62)51-3;1-2/h4,10-11,13,15,17-19,26-29,31,41,60H,1,5-9,12,14,16,20-25,30H2,2-3H3,(H,51,62)(H,52,53,54);1H2. The summed E-state index contributed by atoms with van der Waals surface area (Å²) in [6.45, 7) is 10.4. The number of aromatic nitrogens is 2. The second-order valence-corrected chi connectivity index (χ2v) is 16.1. The zero-order valence-corrected chi connectivity index (χ0v) is 37.3. The summed E-state index contributed by atoms with van der Waals surface area (Å²) in [7, 11) is 1.53. The molecule has 5 aromatic rings. The van der Waals surface area contributed by atoms with Gasteiger partial charge in [-0.05, 0) is 89.9 Å². The number of aryl methyl sites for hydroxylation is 2. The van der Waals surface area contributed by atoms with Crippen molar-refractivity contribution in [3.63, 3.8) is 0 Å². The molecule has 0 bridgehead atoms. The number of amides is 3. The molecule has 3 N–H and O–H groups in total. The van der Waals surface area contributed by atoms with Gasteiger partial charge in [0.1, 0.15) is 36.2 Å². The van der Waals surface area contributed by atoms with Crippen molar-refractivity contribution in [3.8, 4) is 16.9 Å². The highest BCUT2D eigenvalue weighted by atomic mass is 35.5. The zero-order chi connectivity index (χ0) is 46.2. The first-order valence-electron chi connectivity index (χ1n) is 21.6. The number of anilines is 2. The Hall–Kier alpha value is -6.41. The van der Waals surface area contributed by atoms with Crippen LogP contribution in [0.5, 0.6) is 5.75 Å². The van der Waals surface area contributed by atoms with E-state index in [0.717, 1.165) is 78.7 Å². The van der Waals surface area contributed by atoms with Gasteiger partial charge in [0.2, 0.25) is 24.2 Å². The molecule has 1 aromatic heterocycles. The van der Waals surface area contributed by atoms with E-state index in [1.807, 2.05) is 55.0 Å². The third-order valence-electron chi connectivity index (χ3n) is 11.7. The average molecular weight is 894 g/mol. The van der Waals surface area contributed by atoms with Gasteiger partial charge in [-0.25, -0.2) is 9.37 Å². The maximum atomic E-state index is 16.9. The molecule has 6 rings (SSSR count). The smallest absolute Gasteiger partial charge is 0.246 e. The van der Waals surface area contributed by atoms with Crippen LogP contribution in [0.15, 0.2) is 73.3 Å². The van der Waals surface area contributed by atoms with Crippen LogP contribution in [-0.4, -0.2) is 102 Å². The van der Waals surface area contributed by atoms with Crippen molar-refractivity contribution in [3.05, 3.63) is 101 Å². The van der Waals surface area contributed by atoms with Crippen molar-refractivity contribution in [2.45, 2.75) is 77.3 Å². The average Bonchev–Trinajstić information content (AvgIpc) is 3.31. The molecule has 0 saturated carbocycles. The minimum atomic E-state index is -0.721. The molecular formula is C49H57ClFN7O6. The molecule has 15 heteroatoms. The van der Waals surface area contributed by atoms with Gasteiger partial charge < -0.3 is 40.0 Å². The van der Waals surface area contributed by atoms with E-state index in [9.17, 15) is 24.3 Å². The lowest BCUT2D eigenvalue weighted by Crippen LogP contribution is -2.48. The molecule has 1 atom stereocenters. The Kier molecular flexibility index (Phi) is 18.1. The highest BCUT2D eigenvalue weighted by molar-refractivity contribution is 6.35. The third kappa shape index (κ3) is 11.8. The molecule has 1 fully saturated rings. The van der Waals surface area contributed by atoms with Gasteiger partial charge in [-0.3, -0.25) is 14.4 Å². The first kappa shape index (κ1) is 48.6. The van der Waals surface area contributed by atoms with Crippen LogP contribution in [0, 0.1) is 12.7 Å². The van der Waals surface area contributed by atoms with Crippen LogP contribution >= 0.6 is 11.6 Å². The number of likely N-dealkylation sites (N-methyl/N-ethyl adjacent to an activating group) is 1. The number of carbonyl (C=O) groups excluding carboxylic acids is 5. The number of nitrogens with zero attached hydrogens (tertiary/aromatic N) is 5. The quantitative estimate of drug-likeness (QED) is 0.0374. The fraction of sp³-hybridized carbons (Fsp3) is 0.367. The number of aldehydes is 1. The predicted octanol–water partition coefficient (Wildman–Crippen LogP) is 7.95. The number of piperazine rings is 1. The summed E-state index contributed by atoms with van der Waals surface area (Å²) < 4.78 is 16.9. The Morgan fingerprint density at radius 2 is 1.67 bits per heavy atom. The maximum absolute atomic E-state index is 16.9. The van der Waals surface area contributed by atoms with Gasteiger partial charge in [0, 0.05) is 63.7 Å². The lowest BCUT2D eigenvalue weighted by atomic mass is 9.96. The molecule has 0 spiro atoms. The molecule has 64 heavy (non-hydrogen) atoms. The summed E-state index contributed by atoms with van der Waals surface area (Å²) >= 11 is 6.89. The molecule has 1 aliphatic rings. The Morgan fingerprint density at radius 1 is 0.953 bits per heavy atom. The van der Waals surface area contributed by atoms with Crippen LogP contribution in [-0.2, 0) is 36.9 Å². The molecular weight excluding hydrogens is 837 g/mol. The number of hydrogen-bond donors (Lipinski definition) is 3. The number of rotatable bonds is 21. The van der Waals surface area contributed by atoms with E-state index in [1.54, 1.807) is 17.0 Å². The highest BCUT2D eigenvalue weighted by Gasteiger charge is 2.27. The van der Waals surface area contributed by atoms with Crippen molar-refractivity contribution < 1.29 is 33.5 Å². The van der Waals surface area contributed by atoms with Crippen molar-refractivity contribution in [1.29, 1.82) is 0 Å². The van der Waals surface area contributed by atoms with Crippen LogP contribution < -0.4 is 15.5 Å². The number of aromatic hydroxyl groups is 1. The summed E-state index contributed by atoms with van der Waals surface area (Å²) in [5.41, 5.74) is 3.94. The summed E-state index contributed by atoms with van der Waals surface area (Å²) in [5, 5.41) is 18.7. The van der Waals surface area contributed by atoms with Crippen molar-refractivity contribution in [1.82, 2.24) is 25.1 Å². The Labute approximate surface area is 378 Å². The summed E-state index contributed by atoms with van der Waals surface area (Å²) in [5.74, 6) is -0.240. The van der Waals surface area contributed by atoms with Gasteiger partial charge in [0.15, 0.2) is 5.82 Å². The number of unbranched alkanes of at least 4 members (excludes halogenated alkanes) is 5. The summed E-state index contributed by atoms with van der Waals surface area (Å²) in [6, 6.07) is 17.7. The highest BCUT2D eigenvalue weighted by Crippen LogP contribution is 2.42. The number of fused-ring (bicyclic) bond motifs is 2. The molecule has 0 aliphatic carbocycles. The van der Waals surface area contributed by atoms with Gasteiger partial charge in [0.05, 0.1) is 5.02 Å². The lowest BCUT2D eigenvalue weighted by molar-refractivity contribution is -0.133. The zero-order valence-electron chi connectivity index (χ0n) is 36.6. The fourth-order valence-corrected chi connectivity index (χ4v) is 8.62. The number of halogens is 2. The van der Waals surface area contributed by atoms with Crippen LogP contribution in [0.1, 0.15) is 68.1 Å². The topological polar surface area (TPSA) is 165 Å². The number of carbonyl (C=O) groups is 5. The van der Waals surface area contributed by atoms with E-state index in [-0.39, 0.29) is 52.5 Å². The minimum Gasteiger partial charge on any atom is -0.508 e. The Bertz CT molecular complexity index is 2440. The molecule has 0 radical (unpaired) electrons. The van der Waals surface area contributed by atoms with E-state index in [4.69, 9.17) is 26.4 Å². The molecule has 1 unspecified atom stereocenters. The lowest BCUT2D eigenvalue weighted by Gasteiger charge is -2.35. The maximum Gasteiger partial charge on any atom is 0.246 e. The summed E-state index contributed by atoms with van der Waals surface area (Å²) in [6.07, 6.45) is 9.95. The molecule has 2 heterocycles. The number of benzene rings is 4. The SMILES string of the molecule is C=CC(=O)N1CCN(c2nc(NCCCCCCCCc3cccc(C)c3CN(C=O)C(CCC=O)C(=O)NC)nc3c(F)c(-c4cc(O)cc5ccccc45)c(Cl)cc23)CC1.C=O. The van der Waals surface area contributed by atoms with Gasteiger partial charge in [-0.15, -0.1) is 0 Å². The van der Waals surface area contributed by atoms with E-state index in [2.05, 4.69) is 23.3 Å². The first-order chi connectivity index (χ1) is 31.1. The van der Waals surface area contributed by atoms with Gasteiger partial charge in [-0.2, -0.15) is 4.98 Å². The number of phenolic OH excluding ortho intramolecular Hbond substituents is 1. The molecule has 4 aromatic carbocycles. The normalized spacial score (nSPS) is 12.9. The first-order valence-corrected chi connectivity index (χ1v) is 22.0. The molecule has 3 amide bonds. The minimum absolute atomic E-state index is 0.00706. The van der Waals surface area contributed by atoms with Crippen molar-refractivity contribution in [2.24, 2.45) is 0 Å². The number of phenols is 1. The largest absolute Gasteiger partial charge is 0.508 e. The second-order valence-electron chi connectivity index (χ2n) is 15.7. The van der Waals surface area contributed by atoms with Crippen LogP contribution in [0.2, 0.25) is 5.02 Å². The van der Waals surface area contributed by atoms with Crippen LogP contribution in [0.3, 0.4) is 0 Å². The third-order valence-corrected chi connectivity index (χ3v) is 12.0. The molecule has 13 nitrogen and oxygen atoms in total. The molecule has 338 valence electrons. The number of hydrogen-bond acceptors (Lipinski definition) is 10. The predicted molar refractivity (Wildman–Crippen MR) is 251 cm³/mol. The van der Waals surface area contributed by atoms with E-state index in [1.165, 1.54) is 24.1 Å². The Balaban J connectivity index is 0.00000380. The van der Waals surface area contributed by atoms with Crippen LogP contribution in [0.25, 0.3) is 32.8 Å². The number of nitrogens with one attached hydrogen (secondary N) is 2. The van der Waals surface area contributed by atoms with E-state index in [0.29, 0.717) is 62.4 Å². The summed E-state index contributed by atoms with van der Waals surface area (Å²) in [4.78, 5) is 70.9.